The summed E-state index contributed by atoms with van der Waals surface area (Å²) in [4.78, 5) is 11.6. The molecule has 2 aromatic rings. The van der Waals surface area contributed by atoms with E-state index in [4.69, 9.17) is 4.42 Å². The zero-order valence-corrected chi connectivity index (χ0v) is 14.8. The van der Waals surface area contributed by atoms with E-state index in [1.807, 2.05) is 12.1 Å². The molecule has 0 aliphatic heterocycles. The van der Waals surface area contributed by atoms with Crippen molar-refractivity contribution in [3.8, 4) is 11.3 Å². The zero-order chi connectivity index (χ0) is 17.0. The number of hydrogen-bond acceptors (Lipinski definition) is 2. The maximum absolute atomic E-state index is 11.6. The Hall–Kier alpha value is -2.03. The van der Waals surface area contributed by atoms with Gasteiger partial charge in [0.2, 0.25) is 5.91 Å². The smallest absolute Gasteiger partial charge is 0.221 e. The van der Waals surface area contributed by atoms with Crippen LogP contribution in [-0.4, -0.2) is 5.91 Å². The molecule has 1 amide bonds. The van der Waals surface area contributed by atoms with E-state index in [0.29, 0.717) is 0 Å². The molecule has 0 saturated carbocycles. The number of anilines is 1. The Morgan fingerprint density at radius 3 is 2.48 bits per heavy atom. The molecule has 3 nitrogen and oxygen atoms in total. The predicted molar refractivity (Wildman–Crippen MR) is 93.9 cm³/mol. The quantitative estimate of drug-likeness (QED) is 0.831. The minimum absolute atomic E-state index is 0.0477. The van der Waals surface area contributed by atoms with Crippen LogP contribution in [0, 0.1) is 6.92 Å². The van der Waals surface area contributed by atoms with E-state index in [1.54, 1.807) is 13.2 Å². The van der Waals surface area contributed by atoms with Crippen LogP contribution in [0.3, 0.4) is 0 Å². The highest BCUT2D eigenvalue weighted by Crippen LogP contribution is 2.54. The van der Waals surface area contributed by atoms with Crippen LogP contribution in [0.5, 0.6) is 0 Å². The molecule has 3 heteroatoms. The molecule has 0 spiro atoms. The van der Waals surface area contributed by atoms with Crippen molar-refractivity contribution in [3.63, 3.8) is 0 Å². The van der Waals surface area contributed by atoms with Crippen molar-refractivity contribution < 1.29 is 9.21 Å². The summed E-state index contributed by atoms with van der Waals surface area (Å²) < 4.78 is 5.73. The van der Waals surface area contributed by atoms with E-state index in [-0.39, 0.29) is 16.7 Å². The minimum atomic E-state index is -0.0477. The number of carbonyl (C=O) groups is 1. The lowest BCUT2D eigenvalue weighted by Crippen LogP contribution is -2.18. The van der Waals surface area contributed by atoms with Crippen LogP contribution < -0.4 is 5.32 Å². The first-order valence-corrected chi connectivity index (χ1v) is 8.13. The summed E-state index contributed by atoms with van der Waals surface area (Å²) in [5, 5.41) is 2.99. The summed E-state index contributed by atoms with van der Waals surface area (Å²) in [5.41, 5.74) is 5.88. The van der Waals surface area contributed by atoms with Crippen molar-refractivity contribution in [3.05, 3.63) is 41.2 Å². The lowest BCUT2D eigenvalue weighted by Gasteiger charge is -2.24. The van der Waals surface area contributed by atoms with Gasteiger partial charge < -0.3 is 9.73 Å². The number of amides is 1. The van der Waals surface area contributed by atoms with Crippen molar-refractivity contribution in [1.29, 1.82) is 0 Å². The molecule has 0 radical (unpaired) electrons. The third kappa shape index (κ3) is 2.48. The third-order valence-corrected chi connectivity index (χ3v) is 4.96. The Morgan fingerprint density at radius 2 is 1.91 bits per heavy atom. The van der Waals surface area contributed by atoms with E-state index in [1.165, 1.54) is 11.1 Å². The van der Waals surface area contributed by atoms with Gasteiger partial charge >= 0.3 is 0 Å². The topological polar surface area (TPSA) is 42.2 Å². The Kier molecular flexibility index (Phi) is 3.44. The highest BCUT2D eigenvalue weighted by molar-refractivity contribution is 5.92. The molecule has 122 valence electrons. The molecule has 0 atom stereocenters. The van der Waals surface area contributed by atoms with Crippen LogP contribution >= 0.6 is 0 Å². The molecule has 0 saturated heterocycles. The minimum Gasteiger partial charge on any atom is -0.464 e. The van der Waals surface area contributed by atoms with E-state index in [2.05, 4.69) is 46.0 Å². The van der Waals surface area contributed by atoms with Gasteiger partial charge in [0.25, 0.3) is 0 Å². The van der Waals surface area contributed by atoms with Gasteiger partial charge in [-0.3, -0.25) is 4.79 Å². The summed E-state index contributed by atoms with van der Waals surface area (Å²) in [5.74, 6) is 0.824. The predicted octanol–water partition coefficient (Wildman–Crippen LogP) is 5.17. The number of benzene rings is 1. The van der Waals surface area contributed by atoms with Crippen LogP contribution in [0.4, 0.5) is 5.69 Å². The van der Waals surface area contributed by atoms with Crippen molar-refractivity contribution in [2.45, 2.75) is 58.8 Å². The van der Waals surface area contributed by atoms with Crippen molar-refractivity contribution in [2.75, 3.05) is 5.32 Å². The molecule has 3 rings (SSSR count). The van der Waals surface area contributed by atoms with Gasteiger partial charge in [0.1, 0.15) is 5.76 Å². The van der Waals surface area contributed by atoms with Gasteiger partial charge in [-0.25, -0.2) is 0 Å². The Morgan fingerprint density at radius 1 is 1.22 bits per heavy atom. The number of hydrogen-bond donors (Lipinski definition) is 1. The van der Waals surface area contributed by atoms with Crippen molar-refractivity contribution >= 4 is 11.6 Å². The van der Waals surface area contributed by atoms with Crippen LogP contribution in [0.1, 0.15) is 57.7 Å². The number of rotatable bonds is 2. The fourth-order valence-electron chi connectivity index (χ4n) is 4.36. The molecular formula is C20H25NO2. The van der Waals surface area contributed by atoms with Crippen LogP contribution in [0.15, 0.2) is 28.9 Å². The summed E-state index contributed by atoms with van der Waals surface area (Å²) >= 11 is 0. The summed E-state index contributed by atoms with van der Waals surface area (Å²) in [6.45, 7) is 12.8. The standard InChI is InChI=1S/C20H25NO2/c1-12-15(21-13(2)22)10-14-18(17(12)16-8-7-9-23-16)20(5,6)11-19(14,3)4/h7-10H,11H2,1-6H3,(H,21,22). The average molecular weight is 311 g/mol. The Balaban J connectivity index is 2.37. The van der Waals surface area contributed by atoms with Gasteiger partial charge in [0, 0.05) is 18.2 Å². The number of carbonyl (C=O) groups excluding carboxylic acids is 1. The number of furan rings is 1. The van der Waals surface area contributed by atoms with Crippen LogP contribution in [-0.2, 0) is 15.6 Å². The largest absolute Gasteiger partial charge is 0.464 e. The highest BCUT2D eigenvalue weighted by atomic mass is 16.3. The third-order valence-electron chi connectivity index (χ3n) is 4.96. The fraction of sp³-hybridized carbons (Fsp3) is 0.450. The first kappa shape index (κ1) is 15.9. The molecular weight excluding hydrogens is 286 g/mol. The first-order valence-electron chi connectivity index (χ1n) is 8.13. The van der Waals surface area contributed by atoms with Gasteiger partial charge in [-0.05, 0) is 59.1 Å². The molecule has 1 aromatic heterocycles. The molecule has 0 bridgehead atoms. The first-order chi connectivity index (χ1) is 10.6. The molecule has 0 fully saturated rings. The van der Waals surface area contributed by atoms with Crippen molar-refractivity contribution in [2.24, 2.45) is 0 Å². The molecule has 23 heavy (non-hydrogen) atoms. The Labute approximate surface area is 138 Å². The van der Waals surface area contributed by atoms with E-state index < -0.39 is 0 Å². The molecule has 1 N–H and O–H groups in total. The SMILES string of the molecule is CC(=O)Nc1cc2c(c(-c3ccco3)c1C)C(C)(C)CC2(C)C. The van der Waals surface area contributed by atoms with Crippen LogP contribution in [0.25, 0.3) is 11.3 Å². The molecule has 0 unspecified atom stereocenters. The lowest BCUT2D eigenvalue weighted by atomic mass is 9.80. The second kappa shape index (κ2) is 4.98. The van der Waals surface area contributed by atoms with Gasteiger partial charge in [-0.2, -0.15) is 0 Å². The molecule has 1 aromatic carbocycles. The van der Waals surface area contributed by atoms with E-state index in [9.17, 15) is 4.79 Å². The van der Waals surface area contributed by atoms with Gasteiger partial charge in [-0.1, -0.05) is 27.7 Å². The second-order valence-electron chi connectivity index (χ2n) is 7.95. The zero-order valence-electron chi connectivity index (χ0n) is 14.8. The maximum atomic E-state index is 11.6. The van der Waals surface area contributed by atoms with Gasteiger partial charge in [0.15, 0.2) is 0 Å². The normalized spacial score (nSPS) is 17.8. The number of fused-ring (bicyclic) bond motifs is 1. The fourth-order valence-corrected chi connectivity index (χ4v) is 4.36. The van der Waals surface area contributed by atoms with Gasteiger partial charge in [0.05, 0.1) is 6.26 Å². The molecule has 1 heterocycles. The highest BCUT2D eigenvalue weighted by Gasteiger charge is 2.44. The summed E-state index contributed by atoms with van der Waals surface area (Å²) in [6, 6.07) is 6.08. The van der Waals surface area contributed by atoms with E-state index in [0.717, 1.165) is 29.0 Å². The molecule has 1 aliphatic carbocycles. The Bertz CT molecular complexity index is 767. The lowest BCUT2D eigenvalue weighted by molar-refractivity contribution is -0.114. The second-order valence-corrected chi connectivity index (χ2v) is 7.95. The summed E-state index contributed by atoms with van der Waals surface area (Å²) in [7, 11) is 0. The van der Waals surface area contributed by atoms with Gasteiger partial charge in [-0.15, -0.1) is 0 Å². The van der Waals surface area contributed by atoms with Crippen molar-refractivity contribution in [1.82, 2.24) is 0 Å². The average Bonchev–Trinajstić information content (AvgIpc) is 2.96. The van der Waals surface area contributed by atoms with E-state index >= 15 is 0 Å². The summed E-state index contributed by atoms with van der Waals surface area (Å²) in [6.07, 6.45) is 2.78. The molecule has 1 aliphatic rings. The monoisotopic (exact) mass is 311 g/mol. The maximum Gasteiger partial charge on any atom is 0.221 e. The number of nitrogens with one attached hydrogen (secondary N) is 1. The van der Waals surface area contributed by atoms with Crippen LogP contribution in [0.2, 0.25) is 0 Å².